The lowest BCUT2D eigenvalue weighted by Crippen LogP contribution is -2.15. The van der Waals surface area contributed by atoms with Crippen LogP contribution in [0.15, 0.2) is 60.9 Å². The molecule has 3 rings (SSSR count). The van der Waals surface area contributed by atoms with E-state index >= 15 is 0 Å². The maximum absolute atomic E-state index is 12.5. The van der Waals surface area contributed by atoms with Gasteiger partial charge in [-0.1, -0.05) is 95.2 Å². The molecule has 0 aliphatic carbocycles. The second kappa shape index (κ2) is 16.8. The van der Waals surface area contributed by atoms with Crippen molar-refractivity contribution in [2.45, 2.75) is 110 Å². The molecule has 1 heterocycles. The molecule has 4 heteroatoms. The normalized spacial score (nSPS) is 11.9. The Morgan fingerprint density at radius 1 is 0.684 bits per heavy atom. The molecule has 0 fully saturated rings. The monoisotopic (exact) mass is 514 g/mol. The van der Waals surface area contributed by atoms with E-state index in [1.54, 1.807) is 0 Å². The first kappa shape index (κ1) is 29.5. The number of carbonyl (C=O) groups is 1. The van der Waals surface area contributed by atoms with Gasteiger partial charge in [0.2, 0.25) is 0 Å². The molecule has 1 atom stereocenters. The van der Waals surface area contributed by atoms with Crippen molar-refractivity contribution in [2.75, 3.05) is 0 Å². The predicted molar refractivity (Wildman–Crippen MR) is 157 cm³/mol. The van der Waals surface area contributed by atoms with Gasteiger partial charge in [0, 0.05) is 18.0 Å². The van der Waals surface area contributed by atoms with Crippen LogP contribution in [0.5, 0.6) is 0 Å². The number of hydrogen-bond acceptors (Lipinski definition) is 4. The van der Waals surface area contributed by atoms with Crippen LogP contribution in [0, 0.1) is 0 Å². The summed E-state index contributed by atoms with van der Waals surface area (Å²) in [6, 6.07) is 16.4. The molecule has 2 aromatic carbocycles. The third kappa shape index (κ3) is 10.4. The minimum Gasteiger partial charge on any atom is -0.459 e. The van der Waals surface area contributed by atoms with Crippen LogP contribution in [0.1, 0.15) is 112 Å². The van der Waals surface area contributed by atoms with E-state index in [1.165, 1.54) is 68.1 Å². The third-order valence-electron chi connectivity index (χ3n) is 7.15. The minimum atomic E-state index is -0.225. The van der Waals surface area contributed by atoms with Crippen molar-refractivity contribution in [1.82, 2.24) is 9.97 Å². The minimum absolute atomic E-state index is 0.0364. The Morgan fingerprint density at radius 3 is 1.84 bits per heavy atom. The van der Waals surface area contributed by atoms with Gasteiger partial charge in [-0.05, 0) is 74.3 Å². The van der Waals surface area contributed by atoms with E-state index in [1.807, 2.05) is 43.6 Å². The zero-order valence-electron chi connectivity index (χ0n) is 23.8. The molecule has 38 heavy (non-hydrogen) atoms. The van der Waals surface area contributed by atoms with E-state index in [9.17, 15) is 4.79 Å². The van der Waals surface area contributed by atoms with Crippen molar-refractivity contribution >= 4 is 5.97 Å². The molecule has 204 valence electrons. The van der Waals surface area contributed by atoms with E-state index in [2.05, 4.69) is 48.1 Å². The van der Waals surface area contributed by atoms with Crippen molar-refractivity contribution in [1.29, 1.82) is 0 Å². The number of ether oxygens (including phenoxy) is 1. The lowest BCUT2D eigenvalue weighted by atomic mass is 10.0. The molecule has 0 bridgehead atoms. The lowest BCUT2D eigenvalue weighted by molar-refractivity contribution is 0.0319. The first-order valence-corrected chi connectivity index (χ1v) is 14.8. The summed E-state index contributed by atoms with van der Waals surface area (Å²) in [7, 11) is 0. The summed E-state index contributed by atoms with van der Waals surface area (Å²) in [5, 5.41) is 0. The number of rotatable bonds is 17. The molecule has 1 aromatic heterocycles. The van der Waals surface area contributed by atoms with E-state index in [0.717, 1.165) is 43.5 Å². The quantitative estimate of drug-likeness (QED) is 0.133. The molecule has 0 saturated heterocycles. The maximum Gasteiger partial charge on any atom is 0.338 e. The highest BCUT2D eigenvalue weighted by molar-refractivity contribution is 5.89. The fraction of sp³-hybridized carbons (Fsp3) is 0.500. The van der Waals surface area contributed by atoms with E-state index in [4.69, 9.17) is 4.74 Å². The average molecular weight is 515 g/mol. The van der Waals surface area contributed by atoms with Crippen LogP contribution in [0.2, 0.25) is 0 Å². The van der Waals surface area contributed by atoms with Crippen LogP contribution in [-0.2, 0) is 24.0 Å². The summed E-state index contributed by atoms with van der Waals surface area (Å²) in [4.78, 5) is 21.7. The van der Waals surface area contributed by atoms with Gasteiger partial charge in [0.15, 0.2) is 5.82 Å². The van der Waals surface area contributed by atoms with Gasteiger partial charge < -0.3 is 4.74 Å². The Hall–Kier alpha value is -3.01. The Kier molecular flexibility index (Phi) is 13.0. The predicted octanol–water partition coefficient (Wildman–Crippen LogP) is 8.96. The van der Waals surface area contributed by atoms with E-state index in [-0.39, 0.29) is 12.1 Å². The van der Waals surface area contributed by atoms with Gasteiger partial charge in [0.05, 0.1) is 11.7 Å². The SMILES string of the molecule is CCCCCCCc1cnc(-c2ccc(CCc3ccc(C(=O)OC(C)CCCCCC)cc3)cc2)nc1. The molecule has 3 aromatic rings. The number of aromatic nitrogens is 2. The highest BCUT2D eigenvalue weighted by atomic mass is 16.5. The van der Waals surface area contributed by atoms with Crippen molar-refractivity contribution < 1.29 is 9.53 Å². The van der Waals surface area contributed by atoms with Crippen LogP contribution < -0.4 is 0 Å². The van der Waals surface area contributed by atoms with Crippen molar-refractivity contribution in [2.24, 2.45) is 0 Å². The Morgan fingerprint density at radius 2 is 1.24 bits per heavy atom. The molecule has 0 saturated carbocycles. The van der Waals surface area contributed by atoms with Crippen LogP contribution in [0.25, 0.3) is 11.4 Å². The maximum atomic E-state index is 12.5. The number of hydrogen-bond donors (Lipinski definition) is 0. The Labute approximate surface area is 230 Å². The Balaban J connectivity index is 1.42. The van der Waals surface area contributed by atoms with Gasteiger partial charge in [0.1, 0.15) is 0 Å². The number of unbranched alkanes of at least 4 members (excludes halogenated alkanes) is 7. The number of aryl methyl sites for hydroxylation is 3. The second-order valence-electron chi connectivity index (χ2n) is 10.5. The van der Waals surface area contributed by atoms with Gasteiger partial charge in [-0.2, -0.15) is 0 Å². The summed E-state index contributed by atoms with van der Waals surface area (Å²) in [5.41, 5.74) is 5.38. The fourth-order valence-electron chi connectivity index (χ4n) is 4.65. The highest BCUT2D eigenvalue weighted by Crippen LogP contribution is 2.18. The molecule has 0 aliphatic heterocycles. The van der Waals surface area contributed by atoms with Gasteiger partial charge >= 0.3 is 5.97 Å². The number of esters is 1. The van der Waals surface area contributed by atoms with Crippen LogP contribution in [-0.4, -0.2) is 22.0 Å². The topological polar surface area (TPSA) is 52.1 Å². The Bertz CT molecular complexity index is 1060. The smallest absolute Gasteiger partial charge is 0.338 e. The largest absolute Gasteiger partial charge is 0.459 e. The van der Waals surface area contributed by atoms with E-state index < -0.39 is 0 Å². The van der Waals surface area contributed by atoms with Crippen LogP contribution >= 0.6 is 0 Å². The number of benzene rings is 2. The van der Waals surface area contributed by atoms with Gasteiger partial charge in [-0.25, -0.2) is 14.8 Å². The van der Waals surface area contributed by atoms with Crippen molar-refractivity contribution in [3.63, 3.8) is 0 Å². The fourth-order valence-corrected chi connectivity index (χ4v) is 4.65. The molecule has 0 amide bonds. The zero-order chi connectivity index (χ0) is 27.0. The van der Waals surface area contributed by atoms with Crippen LogP contribution in [0.4, 0.5) is 0 Å². The molecule has 0 radical (unpaired) electrons. The number of nitrogens with zero attached hydrogens (tertiary/aromatic N) is 2. The average Bonchev–Trinajstić information content (AvgIpc) is 2.95. The summed E-state index contributed by atoms with van der Waals surface area (Å²) >= 11 is 0. The second-order valence-corrected chi connectivity index (χ2v) is 10.5. The van der Waals surface area contributed by atoms with Crippen molar-refractivity contribution in [3.8, 4) is 11.4 Å². The summed E-state index contributed by atoms with van der Waals surface area (Å²) in [5.74, 6) is 0.557. The standard InChI is InChI=1S/C34H46N2O2/c1-4-6-8-10-12-14-30-25-35-33(36-26-30)31-21-17-28(18-22-31)15-16-29-19-23-32(24-20-29)34(37)38-27(3)13-11-9-7-5-2/h17-27H,4-16H2,1-3H3. The molecule has 4 nitrogen and oxygen atoms in total. The van der Waals surface area contributed by atoms with Gasteiger partial charge in [-0.15, -0.1) is 0 Å². The number of carbonyl (C=O) groups excluding carboxylic acids is 1. The lowest BCUT2D eigenvalue weighted by Gasteiger charge is -2.13. The highest BCUT2D eigenvalue weighted by Gasteiger charge is 2.12. The molecular weight excluding hydrogens is 468 g/mol. The van der Waals surface area contributed by atoms with Crippen LogP contribution in [0.3, 0.4) is 0 Å². The first-order chi connectivity index (χ1) is 18.6. The molecule has 1 unspecified atom stereocenters. The van der Waals surface area contributed by atoms with E-state index in [0.29, 0.717) is 5.56 Å². The molecule has 0 aliphatic rings. The van der Waals surface area contributed by atoms with Gasteiger partial charge in [0.25, 0.3) is 0 Å². The summed E-state index contributed by atoms with van der Waals surface area (Å²) in [6.45, 7) is 6.44. The molecule has 0 spiro atoms. The molecular formula is C34H46N2O2. The third-order valence-corrected chi connectivity index (χ3v) is 7.15. The van der Waals surface area contributed by atoms with Gasteiger partial charge in [-0.3, -0.25) is 0 Å². The summed E-state index contributed by atoms with van der Waals surface area (Å²) in [6.07, 6.45) is 19.0. The first-order valence-electron chi connectivity index (χ1n) is 14.8. The summed E-state index contributed by atoms with van der Waals surface area (Å²) < 4.78 is 5.62. The zero-order valence-corrected chi connectivity index (χ0v) is 23.8. The molecule has 0 N–H and O–H groups in total. The van der Waals surface area contributed by atoms with Crippen molar-refractivity contribution in [3.05, 3.63) is 83.2 Å².